The second-order valence-corrected chi connectivity index (χ2v) is 7.86. The summed E-state index contributed by atoms with van der Waals surface area (Å²) in [5.41, 5.74) is 1.32. The van der Waals surface area contributed by atoms with Gasteiger partial charge in [0.1, 0.15) is 4.90 Å². The first-order valence-electron chi connectivity index (χ1n) is 7.84. The van der Waals surface area contributed by atoms with Crippen LogP contribution in [0, 0.1) is 13.8 Å². The molecule has 0 unspecified atom stereocenters. The monoisotopic (exact) mass is 328 g/mol. The van der Waals surface area contributed by atoms with E-state index in [-0.39, 0.29) is 0 Å². The van der Waals surface area contributed by atoms with Crippen molar-refractivity contribution in [1.29, 1.82) is 0 Å². The van der Waals surface area contributed by atoms with E-state index < -0.39 is 10.0 Å². The molecule has 3 heterocycles. The zero-order valence-corrected chi connectivity index (χ0v) is 14.1. The molecule has 0 radical (unpaired) electrons. The van der Waals surface area contributed by atoms with Crippen LogP contribution < -0.4 is 0 Å². The summed E-state index contributed by atoms with van der Waals surface area (Å²) >= 11 is 0. The number of hydrogen-bond acceptors (Lipinski definition) is 5. The van der Waals surface area contributed by atoms with E-state index in [1.165, 1.54) is 17.1 Å². The zero-order valence-electron chi connectivity index (χ0n) is 13.3. The number of aryl methyl sites for hydroxylation is 1. The van der Waals surface area contributed by atoms with E-state index in [9.17, 15) is 8.42 Å². The van der Waals surface area contributed by atoms with Gasteiger partial charge in [0.25, 0.3) is 0 Å². The molecule has 124 valence electrons. The Morgan fingerprint density at radius 2 is 1.73 bits per heavy atom. The highest BCUT2D eigenvalue weighted by molar-refractivity contribution is 7.89. The van der Waals surface area contributed by atoms with Crippen molar-refractivity contribution in [3.63, 3.8) is 0 Å². The van der Waals surface area contributed by atoms with Gasteiger partial charge in [-0.25, -0.2) is 8.42 Å². The van der Waals surface area contributed by atoms with E-state index in [1.807, 2.05) is 11.6 Å². The number of aromatic nitrogens is 2. The van der Waals surface area contributed by atoms with Gasteiger partial charge in [-0.1, -0.05) is 0 Å². The van der Waals surface area contributed by atoms with Crippen LogP contribution in [0.2, 0.25) is 0 Å². The first kappa shape index (κ1) is 15.9. The summed E-state index contributed by atoms with van der Waals surface area (Å²) < 4.78 is 34.4. The lowest BCUT2D eigenvalue weighted by Crippen LogP contribution is -2.41. The number of hydrogen-bond donors (Lipinski definition) is 0. The first-order chi connectivity index (χ1) is 10.5. The molecular weight excluding hydrogens is 304 g/mol. The number of likely N-dealkylation sites (tertiary alicyclic amines) is 1. The number of morpholine rings is 1. The SMILES string of the molecule is Cc1nn(CN2CCCC2)c(C)c1S(=O)(=O)N1CCOCC1. The van der Waals surface area contributed by atoms with Crippen molar-refractivity contribution in [3.8, 4) is 0 Å². The number of ether oxygens (including phenoxy) is 1. The third-order valence-corrected chi connectivity index (χ3v) is 6.57. The van der Waals surface area contributed by atoms with Crippen LogP contribution in [0.25, 0.3) is 0 Å². The topological polar surface area (TPSA) is 67.7 Å². The summed E-state index contributed by atoms with van der Waals surface area (Å²) in [6.07, 6.45) is 2.41. The van der Waals surface area contributed by atoms with Crippen molar-refractivity contribution in [2.45, 2.75) is 38.3 Å². The van der Waals surface area contributed by atoms with Gasteiger partial charge in [0.05, 0.1) is 31.3 Å². The Morgan fingerprint density at radius 3 is 2.36 bits per heavy atom. The van der Waals surface area contributed by atoms with Gasteiger partial charge >= 0.3 is 0 Å². The standard InChI is InChI=1S/C14H24N4O3S/c1-12-14(22(19,20)17-7-9-21-10-8-17)13(2)18(15-12)11-16-5-3-4-6-16/h3-11H2,1-2H3. The molecule has 8 heteroatoms. The highest BCUT2D eigenvalue weighted by Gasteiger charge is 2.32. The Bertz CT molecular complexity index is 629. The summed E-state index contributed by atoms with van der Waals surface area (Å²) in [4.78, 5) is 2.68. The molecular formula is C14H24N4O3S. The fourth-order valence-electron chi connectivity index (χ4n) is 3.22. The zero-order chi connectivity index (χ0) is 15.7. The molecule has 2 aliphatic rings. The normalized spacial score (nSPS) is 21.5. The predicted molar refractivity (Wildman–Crippen MR) is 82.1 cm³/mol. The summed E-state index contributed by atoms with van der Waals surface area (Å²) in [5, 5.41) is 4.47. The molecule has 3 rings (SSSR count). The van der Waals surface area contributed by atoms with Crippen molar-refractivity contribution in [3.05, 3.63) is 11.4 Å². The highest BCUT2D eigenvalue weighted by atomic mass is 32.2. The van der Waals surface area contributed by atoms with Crippen LogP contribution in [0.4, 0.5) is 0 Å². The van der Waals surface area contributed by atoms with Gasteiger partial charge in [0.15, 0.2) is 0 Å². The maximum Gasteiger partial charge on any atom is 0.246 e. The fourth-order valence-corrected chi connectivity index (χ4v) is 5.00. The minimum absolute atomic E-state index is 0.369. The average Bonchev–Trinajstić information content (AvgIpc) is 3.09. The first-order valence-corrected chi connectivity index (χ1v) is 9.28. The van der Waals surface area contributed by atoms with E-state index in [2.05, 4.69) is 10.00 Å². The molecule has 1 aromatic heterocycles. The van der Waals surface area contributed by atoms with Gasteiger partial charge in [0, 0.05) is 13.1 Å². The van der Waals surface area contributed by atoms with Crippen molar-refractivity contribution >= 4 is 10.0 Å². The molecule has 0 amide bonds. The number of sulfonamides is 1. The lowest BCUT2D eigenvalue weighted by Gasteiger charge is -2.26. The molecule has 0 aromatic carbocycles. The van der Waals surface area contributed by atoms with Gasteiger partial charge in [-0.15, -0.1) is 0 Å². The Labute approximate surface area is 131 Å². The third kappa shape index (κ3) is 2.92. The number of rotatable bonds is 4. The van der Waals surface area contributed by atoms with Gasteiger partial charge in [-0.05, 0) is 39.8 Å². The maximum absolute atomic E-state index is 12.9. The van der Waals surface area contributed by atoms with Crippen molar-refractivity contribution in [2.75, 3.05) is 39.4 Å². The summed E-state index contributed by atoms with van der Waals surface area (Å²) in [6, 6.07) is 0. The summed E-state index contributed by atoms with van der Waals surface area (Å²) in [6.45, 7) is 8.17. The molecule has 1 aromatic rings. The summed E-state index contributed by atoms with van der Waals surface area (Å²) in [7, 11) is -3.48. The van der Waals surface area contributed by atoms with Crippen LogP contribution in [0.1, 0.15) is 24.2 Å². The van der Waals surface area contributed by atoms with Crippen LogP contribution in [-0.2, 0) is 21.4 Å². The van der Waals surface area contributed by atoms with E-state index in [1.54, 1.807) is 6.92 Å². The van der Waals surface area contributed by atoms with E-state index in [0.29, 0.717) is 43.6 Å². The maximum atomic E-state index is 12.9. The second kappa shape index (κ2) is 6.27. The van der Waals surface area contributed by atoms with E-state index >= 15 is 0 Å². The Balaban J connectivity index is 1.88. The van der Waals surface area contributed by atoms with E-state index in [0.717, 1.165) is 18.8 Å². The second-order valence-electron chi connectivity index (χ2n) is 5.98. The molecule has 2 fully saturated rings. The quantitative estimate of drug-likeness (QED) is 0.808. The molecule has 22 heavy (non-hydrogen) atoms. The third-order valence-electron chi connectivity index (χ3n) is 4.42. The van der Waals surface area contributed by atoms with Crippen molar-refractivity contribution in [2.24, 2.45) is 0 Å². The smallest absolute Gasteiger partial charge is 0.246 e. The largest absolute Gasteiger partial charge is 0.379 e. The molecule has 7 nitrogen and oxygen atoms in total. The van der Waals surface area contributed by atoms with Crippen LogP contribution in [0.3, 0.4) is 0 Å². The van der Waals surface area contributed by atoms with Gasteiger partial charge in [0.2, 0.25) is 10.0 Å². The Morgan fingerprint density at radius 1 is 1.09 bits per heavy atom. The summed E-state index contributed by atoms with van der Waals surface area (Å²) in [5.74, 6) is 0. The fraction of sp³-hybridized carbons (Fsp3) is 0.786. The minimum Gasteiger partial charge on any atom is -0.379 e. The average molecular weight is 328 g/mol. The molecule has 0 aliphatic carbocycles. The molecule has 0 saturated carbocycles. The molecule has 0 atom stereocenters. The van der Waals surface area contributed by atoms with Gasteiger partial charge < -0.3 is 4.74 Å². The van der Waals surface area contributed by atoms with Crippen LogP contribution in [0.5, 0.6) is 0 Å². The highest BCUT2D eigenvalue weighted by Crippen LogP contribution is 2.24. The lowest BCUT2D eigenvalue weighted by molar-refractivity contribution is 0.0730. The van der Waals surface area contributed by atoms with Gasteiger partial charge in [-0.2, -0.15) is 9.40 Å². The van der Waals surface area contributed by atoms with Crippen molar-refractivity contribution < 1.29 is 13.2 Å². The molecule has 0 spiro atoms. The van der Waals surface area contributed by atoms with E-state index in [4.69, 9.17) is 4.74 Å². The molecule has 0 N–H and O–H groups in total. The number of nitrogens with zero attached hydrogens (tertiary/aromatic N) is 4. The Kier molecular flexibility index (Phi) is 4.54. The lowest BCUT2D eigenvalue weighted by atomic mass is 10.4. The Hall–Kier alpha value is -0.960. The van der Waals surface area contributed by atoms with Crippen molar-refractivity contribution in [1.82, 2.24) is 19.0 Å². The molecule has 2 aliphatic heterocycles. The minimum atomic E-state index is -3.48. The van der Waals surface area contributed by atoms with Crippen LogP contribution in [-0.4, -0.2) is 66.8 Å². The van der Waals surface area contributed by atoms with Crippen LogP contribution >= 0.6 is 0 Å². The predicted octanol–water partition coefficient (Wildman–Crippen LogP) is 0.574. The molecule has 2 saturated heterocycles. The molecule has 0 bridgehead atoms. The van der Waals surface area contributed by atoms with Gasteiger partial charge in [-0.3, -0.25) is 9.58 Å². The van der Waals surface area contributed by atoms with Crippen LogP contribution in [0.15, 0.2) is 4.90 Å².